The lowest BCUT2D eigenvalue weighted by molar-refractivity contribution is -0.168. The summed E-state index contributed by atoms with van der Waals surface area (Å²) in [4.78, 5) is 23.6. The molecule has 146 valence electrons. The molecule has 0 saturated carbocycles. The highest BCUT2D eigenvalue weighted by atomic mass is 35.5. The van der Waals surface area contributed by atoms with Crippen LogP contribution in [0.2, 0.25) is 5.02 Å². The van der Waals surface area contributed by atoms with Gasteiger partial charge in [-0.05, 0) is 24.1 Å². The van der Waals surface area contributed by atoms with E-state index in [1.54, 1.807) is 38.1 Å². The second-order valence-electron chi connectivity index (χ2n) is 5.94. The zero-order valence-electron chi connectivity index (χ0n) is 15.3. The van der Waals surface area contributed by atoms with E-state index in [0.717, 1.165) is 5.56 Å². The van der Waals surface area contributed by atoms with Crippen molar-refractivity contribution in [2.45, 2.75) is 39.5 Å². The number of rotatable bonds is 9. The van der Waals surface area contributed by atoms with Gasteiger partial charge in [-0.25, -0.2) is 4.79 Å². The van der Waals surface area contributed by atoms with Gasteiger partial charge in [0.05, 0.1) is 18.6 Å². The lowest BCUT2D eigenvalue weighted by atomic mass is 10.0. The zero-order chi connectivity index (χ0) is 19.7. The Hall–Kier alpha value is -1.56. The van der Waals surface area contributed by atoms with Crippen molar-refractivity contribution in [2.75, 3.05) is 13.3 Å². The summed E-state index contributed by atoms with van der Waals surface area (Å²) in [6, 6.07) is 6.50. The van der Waals surface area contributed by atoms with E-state index in [1.165, 1.54) is 13.6 Å². The van der Waals surface area contributed by atoms with Gasteiger partial charge in [0.25, 0.3) is 0 Å². The van der Waals surface area contributed by atoms with Gasteiger partial charge in [-0.2, -0.15) is 0 Å². The second kappa shape index (κ2) is 11.2. The Bertz CT molecular complexity index is 622. The number of esters is 1. The number of halogens is 1. The molecule has 0 spiro atoms. The van der Waals surface area contributed by atoms with Crippen molar-refractivity contribution in [1.82, 2.24) is 5.32 Å². The van der Waals surface area contributed by atoms with Crippen LogP contribution >= 0.6 is 19.6 Å². The van der Waals surface area contributed by atoms with E-state index in [1.807, 2.05) is 0 Å². The molecule has 1 amide bonds. The number of carbonyl (C=O) groups is 2. The molecule has 0 bridgehead atoms. The first-order chi connectivity index (χ1) is 12.2. The predicted octanol–water partition coefficient (Wildman–Crippen LogP) is 4.16. The molecule has 26 heavy (non-hydrogen) atoms. The van der Waals surface area contributed by atoms with Gasteiger partial charge in [-0.3, -0.25) is 9.36 Å². The SMILES string of the molecule is CC(OC(=O)NC(CCO[PH](C)=O)c1ccc(Cl)cc1)OC(=O)C(C)C. The molecule has 9 heteroatoms. The highest BCUT2D eigenvalue weighted by Crippen LogP contribution is 2.23. The van der Waals surface area contributed by atoms with Crippen LogP contribution in [0.15, 0.2) is 24.3 Å². The first-order valence-corrected chi connectivity index (χ1v) is 10.4. The lowest BCUT2D eigenvalue weighted by Crippen LogP contribution is -2.34. The molecule has 0 radical (unpaired) electrons. The maximum Gasteiger partial charge on any atom is 0.410 e. The molecule has 0 aromatic heterocycles. The number of ether oxygens (including phenoxy) is 2. The van der Waals surface area contributed by atoms with Crippen LogP contribution in [-0.2, 0) is 23.4 Å². The monoisotopic (exact) mass is 405 g/mol. The van der Waals surface area contributed by atoms with Gasteiger partial charge in [-0.15, -0.1) is 0 Å². The van der Waals surface area contributed by atoms with Crippen molar-refractivity contribution in [1.29, 1.82) is 0 Å². The van der Waals surface area contributed by atoms with Gasteiger partial charge in [-0.1, -0.05) is 37.6 Å². The van der Waals surface area contributed by atoms with Crippen LogP contribution in [0.5, 0.6) is 0 Å². The van der Waals surface area contributed by atoms with E-state index < -0.39 is 32.4 Å². The van der Waals surface area contributed by atoms with E-state index in [2.05, 4.69) is 5.32 Å². The molecule has 0 aliphatic carbocycles. The van der Waals surface area contributed by atoms with Gasteiger partial charge in [0.15, 0.2) is 8.03 Å². The quantitative estimate of drug-likeness (QED) is 0.377. The molecule has 0 fully saturated rings. The topological polar surface area (TPSA) is 90.9 Å². The molecule has 1 aromatic rings. The minimum atomic E-state index is -2.06. The average Bonchev–Trinajstić information content (AvgIpc) is 2.54. The van der Waals surface area contributed by atoms with E-state index in [9.17, 15) is 14.2 Å². The molecular weight excluding hydrogens is 381 g/mol. The summed E-state index contributed by atoms with van der Waals surface area (Å²) in [6.45, 7) is 6.54. The predicted molar refractivity (Wildman–Crippen MR) is 99.7 cm³/mol. The summed E-state index contributed by atoms with van der Waals surface area (Å²) >= 11 is 5.89. The molecule has 1 N–H and O–H groups in total. The van der Waals surface area contributed by atoms with Gasteiger partial charge in [0, 0.05) is 18.6 Å². The summed E-state index contributed by atoms with van der Waals surface area (Å²) in [7, 11) is -2.06. The Morgan fingerprint density at radius 2 is 1.77 bits per heavy atom. The number of amides is 1. The molecule has 0 saturated heterocycles. The zero-order valence-corrected chi connectivity index (χ0v) is 17.0. The van der Waals surface area contributed by atoms with E-state index in [-0.39, 0.29) is 12.5 Å². The van der Waals surface area contributed by atoms with Crippen LogP contribution < -0.4 is 5.32 Å². The van der Waals surface area contributed by atoms with Crippen molar-refractivity contribution >= 4 is 31.7 Å². The minimum absolute atomic E-state index is 0.208. The molecule has 3 atom stereocenters. The maximum atomic E-state index is 12.1. The first-order valence-electron chi connectivity index (χ1n) is 8.25. The fourth-order valence-corrected chi connectivity index (χ4v) is 2.52. The third kappa shape index (κ3) is 8.70. The smallest absolute Gasteiger partial charge is 0.410 e. The summed E-state index contributed by atoms with van der Waals surface area (Å²) in [6.07, 6.45) is -1.36. The number of hydrogen-bond acceptors (Lipinski definition) is 6. The van der Waals surface area contributed by atoms with Gasteiger partial charge < -0.3 is 19.3 Å². The number of alkyl carbamates (subject to hydrolysis) is 1. The van der Waals surface area contributed by atoms with Crippen LogP contribution in [-0.4, -0.2) is 31.6 Å². The molecule has 1 aromatic carbocycles. The fourth-order valence-electron chi connectivity index (χ4n) is 1.99. The molecule has 0 aliphatic heterocycles. The second-order valence-corrected chi connectivity index (χ2v) is 7.65. The molecular formula is C17H25ClNO6P. The van der Waals surface area contributed by atoms with E-state index in [0.29, 0.717) is 11.4 Å². The van der Waals surface area contributed by atoms with Gasteiger partial charge in [0.2, 0.25) is 6.29 Å². The Morgan fingerprint density at radius 1 is 1.15 bits per heavy atom. The van der Waals surface area contributed by atoms with Crippen molar-refractivity contribution in [3.63, 3.8) is 0 Å². The van der Waals surface area contributed by atoms with Gasteiger partial charge >= 0.3 is 12.1 Å². The highest BCUT2D eigenvalue weighted by molar-refractivity contribution is 7.38. The van der Waals surface area contributed by atoms with Crippen molar-refractivity contribution in [3.8, 4) is 0 Å². The lowest BCUT2D eigenvalue weighted by Gasteiger charge is -2.21. The van der Waals surface area contributed by atoms with Crippen LogP contribution in [0.3, 0.4) is 0 Å². The summed E-state index contributed by atoms with van der Waals surface area (Å²) < 4.78 is 26.3. The Balaban J connectivity index is 2.68. The molecule has 0 aliphatic rings. The highest BCUT2D eigenvalue weighted by Gasteiger charge is 2.20. The summed E-state index contributed by atoms with van der Waals surface area (Å²) in [5.74, 6) is -0.777. The summed E-state index contributed by atoms with van der Waals surface area (Å²) in [5, 5.41) is 3.26. The third-order valence-electron chi connectivity index (χ3n) is 3.30. The van der Waals surface area contributed by atoms with Crippen molar-refractivity contribution in [3.05, 3.63) is 34.9 Å². The van der Waals surface area contributed by atoms with Crippen LogP contribution in [0, 0.1) is 5.92 Å². The standard InChI is InChI=1S/C17H25ClNO6P/c1-11(2)16(20)24-12(3)25-17(21)19-15(9-10-23-26(4)22)13-5-7-14(18)8-6-13/h5-8,11-12,15,26H,9-10H2,1-4H3,(H,19,21). The summed E-state index contributed by atoms with van der Waals surface area (Å²) in [5.41, 5.74) is 0.789. The van der Waals surface area contributed by atoms with Crippen molar-refractivity contribution < 1.29 is 28.2 Å². The normalized spacial score (nSPS) is 14.4. The largest absolute Gasteiger partial charge is 0.425 e. The molecule has 0 heterocycles. The number of nitrogens with one attached hydrogen (secondary N) is 1. The van der Waals surface area contributed by atoms with Crippen LogP contribution in [0.4, 0.5) is 4.79 Å². The average molecular weight is 406 g/mol. The number of carbonyl (C=O) groups excluding carboxylic acids is 2. The van der Waals surface area contributed by atoms with Crippen LogP contribution in [0.25, 0.3) is 0 Å². The minimum Gasteiger partial charge on any atom is -0.425 e. The fraction of sp³-hybridized carbons (Fsp3) is 0.529. The van der Waals surface area contributed by atoms with Crippen LogP contribution in [0.1, 0.15) is 38.8 Å². The number of benzene rings is 1. The third-order valence-corrected chi connectivity index (χ3v) is 4.17. The van der Waals surface area contributed by atoms with E-state index in [4.69, 9.17) is 25.6 Å². The molecule has 7 nitrogen and oxygen atoms in total. The Kier molecular flexibility index (Phi) is 9.70. The molecule has 1 rings (SSSR count). The Morgan fingerprint density at radius 3 is 2.31 bits per heavy atom. The molecule has 3 unspecified atom stereocenters. The number of hydrogen-bond donors (Lipinski definition) is 1. The first kappa shape index (κ1) is 22.5. The maximum absolute atomic E-state index is 12.1. The van der Waals surface area contributed by atoms with Crippen molar-refractivity contribution in [2.24, 2.45) is 5.92 Å². The Labute approximate surface area is 159 Å². The van der Waals surface area contributed by atoms with E-state index >= 15 is 0 Å². The van der Waals surface area contributed by atoms with Gasteiger partial charge in [0.1, 0.15) is 0 Å².